The van der Waals surface area contributed by atoms with Gasteiger partial charge in [0.05, 0.1) is 18.1 Å². The van der Waals surface area contributed by atoms with Gasteiger partial charge >= 0.3 is 5.97 Å². The van der Waals surface area contributed by atoms with Crippen LogP contribution in [0, 0.1) is 5.92 Å². The first-order chi connectivity index (χ1) is 10.0. The van der Waals surface area contributed by atoms with E-state index in [0.717, 1.165) is 11.3 Å². The summed E-state index contributed by atoms with van der Waals surface area (Å²) in [5, 5.41) is 5.87. The molecule has 2 rings (SSSR count). The van der Waals surface area contributed by atoms with E-state index < -0.39 is 5.97 Å². The summed E-state index contributed by atoms with van der Waals surface area (Å²) in [7, 11) is 0. The van der Waals surface area contributed by atoms with Gasteiger partial charge in [-0.15, -0.1) is 11.3 Å². The summed E-state index contributed by atoms with van der Waals surface area (Å²) in [4.78, 5) is 36.2. The van der Waals surface area contributed by atoms with Crippen molar-refractivity contribution in [3.8, 4) is 0 Å². The number of carbonyl (C=O) groups is 3. The number of esters is 1. The predicted molar refractivity (Wildman–Crippen MR) is 79.4 cm³/mol. The highest BCUT2D eigenvalue weighted by molar-refractivity contribution is 7.16. The van der Waals surface area contributed by atoms with E-state index >= 15 is 0 Å². The molecule has 0 aromatic carbocycles. The molecule has 1 fully saturated rings. The fourth-order valence-electron chi connectivity index (χ4n) is 2.07. The van der Waals surface area contributed by atoms with Crippen LogP contribution in [-0.2, 0) is 20.7 Å². The third-order valence-corrected chi connectivity index (χ3v) is 4.41. The molecule has 0 aliphatic carbocycles. The summed E-state index contributed by atoms with van der Waals surface area (Å²) in [6, 6.07) is 1.75. The Kier molecular flexibility index (Phi) is 4.95. The summed E-state index contributed by atoms with van der Waals surface area (Å²) >= 11 is 1.36. The number of amides is 2. The van der Waals surface area contributed by atoms with E-state index in [-0.39, 0.29) is 30.8 Å². The maximum absolute atomic E-state index is 12.1. The minimum Gasteiger partial charge on any atom is -0.462 e. The summed E-state index contributed by atoms with van der Waals surface area (Å²) in [5.74, 6) is -1.20. The molecule has 1 aliphatic heterocycles. The molecule has 1 unspecified atom stereocenters. The lowest BCUT2D eigenvalue weighted by molar-refractivity contribution is -0.123. The molecule has 0 spiro atoms. The van der Waals surface area contributed by atoms with E-state index in [0.29, 0.717) is 17.1 Å². The van der Waals surface area contributed by atoms with Crippen LogP contribution >= 0.6 is 11.3 Å². The van der Waals surface area contributed by atoms with Crippen LogP contribution in [-0.4, -0.2) is 30.9 Å². The number of rotatable bonds is 5. The Labute approximate surface area is 126 Å². The largest absolute Gasteiger partial charge is 0.462 e. The van der Waals surface area contributed by atoms with Crippen LogP contribution in [0.25, 0.3) is 0 Å². The molecule has 2 N–H and O–H groups in total. The van der Waals surface area contributed by atoms with Gasteiger partial charge in [0, 0.05) is 17.8 Å². The second-order valence-corrected chi connectivity index (χ2v) is 5.86. The second-order valence-electron chi connectivity index (χ2n) is 4.72. The molecule has 114 valence electrons. The molecule has 2 amide bonds. The maximum atomic E-state index is 12.1. The lowest BCUT2D eigenvalue weighted by atomic mass is 10.1. The van der Waals surface area contributed by atoms with Gasteiger partial charge in [-0.25, -0.2) is 4.79 Å². The van der Waals surface area contributed by atoms with Gasteiger partial charge in [0.2, 0.25) is 11.8 Å². The first-order valence-electron chi connectivity index (χ1n) is 6.92. The Hall–Kier alpha value is -1.89. The molecule has 1 aliphatic rings. The zero-order chi connectivity index (χ0) is 15.4. The lowest BCUT2D eigenvalue weighted by Gasteiger charge is -2.09. The van der Waals surface area contributed by atoms with Gasteiger partial charge in [0.15, 0.2) is 0 Å². The van der Waals surface area contributed by atoms with Crippen molar-refractivity contribution in [1.29, 1.82) is 0 Å². The van der Waals surface area contributed by atoms with Crippen molar-refractivity contribution in [2.75, 3.05) is 18.5 Å². The van der Waals surface area contributed by atoms with Crippen LogP contribution < -0.4 is 10.6 Å². The van der Waals surface area contributed by atoms with Crippen molar-refractivity contribution in [3.63, 3.8) is 0 Å². The van der Waals surface area contributed by atoms with Gasteiger partial charge in [-0.1, -0.05) is 6.92 Å². The Morgan fingerprint density at radius 2 is 2.24 bits per heavy atom. The number of ether oxygens (including phenoxy) is 1. The Morgan fingerprint density at radius 3 is 2.81 bits per heavy atom. The van der Waals surface area contributed by atoms with E-state index in [2.05, 4.69) is 10.6 Å². The normalized spacial score (nSPS) is 17.4. The first-order valence-corrected chi connectivity index (χ1v) is 7.74. The number of thiophene rings is 1. The Balaban J connectivity index is 2.14. The summed E-state index contributed by atoms with van der Waals surface area (Å²) in [5.41, 5.74) is 0.379. The maximum Gasteiger partial charge on any atom is 0.341 e. The molecule has 1 atom stereocenters. The topological polar surface area (TPSA) is 84.5 Å². The van der Waals surface area contributed by atoms with Crippen LogP contribution in [0.15, 0.2) is 6.07 Å². The summed E-state index contributed by atoms with van der Waals surface area (Å²) < 4.78 is 5.00. The van der Waals surface area contributed by atoms with Crippen LogP contribution in [0.4, 0.5) is 5.00 Å². The van der Waals surface area contributed by atoms with Gasteiger partial charge < -0.3 is 15.4 Å². The molecule has 2 heterocycles. The summed E-state index contributed by atoms with van der Waals surface area (Å²) in [6.45, 7) is 4.33. The van der Waals surface area contributed by atoms with E-state index in [9.17, 15) is 14.4 Å². The highest BCUT2D eigenvalue weighted by Crippen LogP contribution is 2.30. The Morgan fingerprint density at radius 1 is 1.48 bits per heavy atom. The average molecular weight is 310 g/mol. The van der Waals surface area contributed by atoms with Gasteiger partial charge in [0.1, 0.15) is 5.00 Å². The van der Waals surface area contributed by atoms with Gasteiger partial charge in [-0.2, -0.15) is 0 Å². The van der Waals surface area contributed by atoms with Crippen LogP contribution in [0.3, 0.4) is 0 Å². The van der Waals surface area contributed by atoms with Crippen molar-refractivity contribution in [2.24, 2.45) is 5.92 Å². The van der Waals surface area contributed by atoms with Crippen molar-refractivity contribution >= 4 is 34.1 Å². The minimum atomic E-state index is -0.440. The molecule has 0 bridgehead atoms. The van der Waals surface area contributed by atoms with E-state index in [1.807, 2.05) is 6.92 Å². The quantitative estimate of drug-likeness (QED) is 0.808. The van der Waals surface area contributed by atoms with Gasteiger partial charge in [0.25, 0.3) is 0 Å². The minimum absolute atomic E-state index is 0.124. The highest BCUT2D eigenvalue weighted by Gasteiger charge is 2.29. The van der Waals surface area contributed by atoms with Crippen molar-refractivity contribution < 1.29 is 19.1 Å². The van der Waals surface area contributed by atoms with E-state index in [1.54, 1.807) is 13.0 Å². The van der Waals surface area contributed by atoms with Crippen molar-refractivity contribution in [3.05, 3.63) is 16.5 Å². The third-order valence-electron chi connectivity index (χ3n) is 3.21. The smallest absolute Gasteiger partial charge is 0.341 e. The molecule has 21 heavy (non-hydrogen) atoms. The number of hydrogen-bond acceptors (Lipinski definition) is 5. The lowest BCUT2D eigenvalue weighted by Crippen LogP contribution is -2.25. The van der Waals surface area contributed by atoms with E-state index in [1.165, 1.54) is 11.3 Å². The molecule has 1 aromatic rings. The van der Waals surface area contributed by atoms with Gasteiger partial charge in [-0.3, -0.25) is 9.59 Å². The van der Waals surface area contributed by atoms with Gasteiger partial charge in [-0.05, 0) is 19.4 Å². The number of nitrogens with one attached hydrogen (secondary N) is 2. The average Bonchev–Trinajstić information content (AvgIpc) is 3.05. The monoisotopic (exact) mass is 310 g/mol. The zero-order valence-electron chi connectivity index (χ0n) is 12.0. The SMILES string of the molecule is CCOC(=O)c1cc(CC)sc1NC(=O)C1CNC(=O)C1. The fraction of sp³-hybridized carbons (Fsp3) is 0.500. The van der Waals surface area contributed by atoms with Crippen molar-refractivity contribution in [2.45, 2.75) is 26.7 Å². The molecular formula is C14H18N2O4S. The van der Waals surface area contributed by atoms with Crippen LogP contribution in [0.2, 0.25) is 0 Å². The number of anilines is 1. The summed E-state index contributed by atoms with van der Waals surface area (Å²) in [6.07, 6.45) is 0.961. The van der Waals surface area contributed by atoms with Crippen molar-refractivity contribution in [1.82, 2.24) is 5.32 Å². The predicted octanol–water partition coefficient (Wildman–Crippen LogP) is 1.56. The molecule has 0 radical (unpaired) electrons. The molecule has 7 heteroatoms. The third kappa shape index (κ3) is 3.60. The molecular weight excluding hydrogens is 292 g/mol. The standard InChI is InChI=1S/C14H18N2O4S/c1-3-9-6-10(14(19)20-4-2)13(21-9)16-12(18)8-5-11(17)15-7-8/h6,8H,3-5,7H2,1-2H3,(H,15,17)(H,16,18). The number of hydrogen-bond donors (Lipinski definition) is 2. The van der Waals surface area contributed by atoms with Crippen LogP contribution in [0.5, 0.6) is 0 Å². The Bertz CT molecular complexity index is 567. The molecule has 6 nitrogen and oxygen atoms in total. The fourth-order valence-corrected chi connectivity index (χ4v) is 3.06. The molecule has 1 saturated heterocycles. The van der Waals surface area contributed by atoms with Crippen LogP contribution in [0.1, 0.15) is 35.5 Å². The first kappa shape index (κ1) is 15.5. The zero-order valence-corrected chi connectivity index (χ0v) is 12.8. The molecule has 1 aromatic heterocycles. The number of aryl methyl sites for hydroxylation is 1. The van der Waals surface area contributed by atoms with E-state index in [4.69, 9.17) is 4.74 Å². The molecule has 0 saturated carbocycles. The second kappa shape index (κ2) is 6.71. The number of carbonyl (C=O) groups excluding carboxylic acids is 3. The highest BCUT2D eigenvalue weighted by atomic mass is 32.1.